The van der Waals surface area contributed by atoms with Crippen LogP contribution in [0.5, 0.6) is 0 Å². The van der Waals surface area contributed by atoms with E-state index in [0.29, 0.717) is 43.0 Å². The molecule has 0 atom stereocenters. The van der Waals surface area contributed by atoms with Gasteiger partial charge in [0.15, 0.2) is 5.78 Å². The van der Waals surface area contributed by atoms with Gasteiger partial charge in [-0.1, -0.05) is 0 Å². The van der Waals surface area contributed by atoms with E-state index in [4.69, 9.17) is 14.2 Å². The first-order valence-corrected chi connectivity index (χ1v) is 8.52. The van der Waals surface area contributed by atoms with Gasteiger partial charge in [-0.25, -0.2) is 4.79 Å². The van der Waals surface area contributed by atoms with Gasteiger partial charge >= 0.3 is 5.97 Å². The fourth-order valence-corrected chi connectivity index (χ4v) is 2.74. The monoisotopic (exact) mass is 368 g/mol. The lowest BCUT2D eigenvalue weighted by Gasteiger charge is -2.22. The number of carbonyl (C=O) groups is 3. The van der Waals surface area contributed by atoms with Crippen LogP contribution in [0.15, 0.2) is 0 Å². The molecule has 1 rings (SSSR count). The predicted octanol–water partition coefficient (Wildman–Crippen LogP) is 1.50. The number of Topliss-reactive ketones (excluding diaryl/α,β-unsaturated/α-hetero) is 1. The van der Waals surface area contributed by atoms with Gasteiger partial charge in [0.25, 0.3) is 0 Å². The second kappa shape index (κ2) is 10.7. The Balaban J connectivity index is 2.93. The molecule has 1 aromatic heterocycles. The maximum Gasteiger partial charge on any atom is 0.354 e. The number of ketones is 1. The van der Waals surface area contributed by atoms with Crippen LogP contribution in [0.3, 0.4) is 0 Å². The van der Waals surface area contributed by atoms with E-state index < -0.39 is 5.97 Å². The Morgan fingerprint density at radius 3 is 2.42 bits per heavy atom. The first-order valence-electron chi connectivity index (χ1n) is 8.52. The third-order valence-corrected chi connectivity index (χ3v) is 3.98. The van der Waals surface area contributed by atoms with Crippen LogP contribution in [0.2, 0.25) is 0 Å². The van der Waals surface area contributed by atoms with Gasteiger partial charge in [0.2, 0.25) is 5.91 Å². The predicted molar refractivity (Wildman–Crippen MR) is 95.5 cm³/mol. The van der Waals surface area contributed by atoms with Crippen molar-refractivity contribution in [3.05, 3.63) is 22.5 Å². The van der Waals surface area contributed by atoms with Gasteiger partial charge in [-0.05, 0) is 32.8 Å². The number of amides is 1. The number of nitrogens with one attached hydrogen (secondary N) is 1. The topological polar surface area (TPSA) is 97.9 Å². The van der Waals surface area contributed by atoms with Gasteiger partial charge in [0.1, 0.15) is 12.3 Å². The normalized spacial score (nSPS) is 10.7. The summed E-state index contributed by atoms with van der Waals surface area (Å²) in [5.74, 6) is -1.04. The van der Waals surface area contributed by atoms with Crippen molar-refractivity contribution in [2.24, 2.45) is 0 Å². The zero-order chi connectivity index (χ0) is 19.7. The average molecular weight is 368 g/mol. The van der Waals surface area contributed by atoms with E-state index in [2.05, 4.69) is 4.98 Å². The molecule has 0 aliphatic heterocycles. The number of nitrogens with zero attached hydrogens (tertiary/aromatic N) is 1. The molecule has 146 valence electrons. The van der Waals surface area contributed by atoms with Gasteiger partial charge in [-0.3, -0.25) is 9.59 Å². The molecule has 0 aliphatic carbocycles. The minimum Gasteiger partial charge on any atom is -0.464 e. The van der Waals surface area contributed by atoms with Crippen molar-refractivity contribution in [2.75, 3.05) is 47.1 Å². The van der Waals surface area contributed by atoms with Crippen molar-refractivity contribution in [1.29, 1.82) is 0 Å². The summed E-state index contributed by atoms with van der Waals surface area (Å²) in [5.41, 5.74) is 1.75. The molecule has 0 unspecified atom stereocenters. The molecule has 1 aromatic rings. The number of aromatic nitrogens is 1. The second-order valence-electron chi connectivity index (χ2n) is 5.84. The van der Waals surface area contributed by atoms with E-state index in [1.807, 2.05) is 6.92 Å². The lowest BCUT2D eigenvalue weighted by molar-refractivity contribution is -0.134. The molecule has 0 fully saturated rings. The fraction of sp³-hybridized carbons (Fsp3) is 0.611. The Morgan fingerprint density at radius 2 is 1.85 bits per heavy atom. The van der Waals surface area contributed by atoms with Crippen molar-refractivity contribution >= 4 is 17.7 Å². The van der Waals surface area contributed by atoms with Crippen LogP contribution in [-0.4, -0.2) is 74.7 Å². The number of ether oxygens (including phenoxy) is 3. The zero-order valence-corrected chi connectivity index (χ0v) is 16.1. The molecule has 8 nitrogen and oxygen atoms in total. The largest absolute Gasteiger partial charge is 0.464 e. The van der Waals surface area contributed by atoms with Crippen molar-refractivity contribution in [1.82, 2.24) is 9.88 Å². The van der Waals surface area contributed by atoms with E-state index in [1.165, 1.54) is 19.1 Å². The maximum absolute atomic E-state index is 12.8. The Hall–Kier alpha value is -2.19. The second-order valence-corrected chi connectivity index (χ2v) is 5.84. The average Bonchev–Trinajstić information content (AvgIpc) is 2.91. The minimum absolute atomic E-state index is 0.0888. The Kier molecular flexibility index (Phi) is 9.01. The molecule has 0 aromatic carbocycles. The van der Waals surface area contributed by atoms with Crippen molar-refractivity contribution < 1.29 is 28.6 Å². The van der Waals surface area contributed by atoms with Crippen LogP contribution in [0.25, 0.3) is 0 Å². The fourth-order valence-electron chi connectivity index (χ4n) is 2.74. The molecule has 8 heteroatoms. The number of methoxy groups -OCH3 is 2. The van der Waals surface area contributed by atoms with Crippen LogP contribution < -0.4 is 0 Å². The van der Waals surface area contributed by atoms with Crippen LogP contribution in [0.1, 0.15) is 45.4 Å². The lowest BCUT2D eigenvalue weighted by Crippen LogP contribution is -2.39. The molecule has 0 aliphatic rings. The van der Waals surface area contributed by atoms with Gasteiger partial charge in [0.05, 0.1) is 13.7 Å². The summed E-state index contributed by atoms with van der Waals surface area (Å²) in [6.07, 6.45) is 0.620. The smallest absolute Gasteiger partial charge is 0.354 e. The van der Waals surface area contributed by atoms with Gasteiger partial charge in [-0.2, -0.15) is 0 Å². The quantitative estimate of drug-likeness (QED) is 0.361. The van der Waals surface area contributed by atoms with Gasteiger partial charge < -0.3 is 24.1 Å². The standard InChI is InChI=1S/C18H28N2O6/c1-6-26-9-7-8-20(15(22)11-24-4)10-14(21)16-12(2)17(18(23)25-5)19-13(16)3/h19H,6-11H2,1-5H3. The number of rotatable bonds is 11. The first-order chi connectivity index (χ1) is 12.4. The highest BCUT2D eigenvalue weighted by Crippen LogP contribution is 2.19. The van der Waals surface area contributed by atoms with E-state index >= 15 is 0 Å². The van der Waals surface area contributed by atoms with E-state index in [9.17, 15) is 14.4 Å². The summed E-state index contributed by atoms with van der Waals surface area (Å²) in [5, 5.41) is 0. The molecule has 1 heterocycles. The molecule has 0 radical (unpaired) electrons. The first kappa shape index (κ1) is 21.9. The molecule has 0 bridgehead atoms. The molecule has 0 saturated heterocycles. The highest BCUT2D eigenvalue weighted by molar-refractivity contribution is 6.04. The molecule has 0 saturated carbocycles. The molecular weight excluding hydrogens is 340 g/mol. The van der Waals surface area contributed by atoms with Gasteiger partial charge in [-0.15, -0.1) is 0 Å². The SMILES string of the molecule is CCOCCCN(CC(=O)c1c(C)[nH]c(C(=O)OC)c1C)C(=O)COC. The molecular formula is C18H28N2O6. The zero-order valence-electron chi connectivity index (χ0n) is 16.1. The lowest BCUT2D eigenvalue weighted by atomic mass is 10.1. The number of H-pyrrole nitrogens is 1. The van der Waals surface area contributed by atoms with Gasteiger partial charge in [0, 0.05) is 38.1 Å². The third-order valence-electron chi connectivity index (χ3n) is 3.98. The third kappa shape index (κ3) is 5.67. The summed E-state index contributed by atoms with van der Waals surface area (Å²) in [6.45, 7) is 6.60. The molecule has 1 amide bonds. The highest BCUT2D eigenvalue weighted by Gasteiger charge is 2.25. The Morgan fingerprint density at radius 1 is 1.15 bits per heavy atom. The Labute approximate surface area is 153 Å². The number of hydrogen-bond donors (Lipinski definition) is 1. The molecule has 0 spiro atoms. The Bertz CT molecular complexity index is 638. The number of esters is 1. The van der Waals surface area contributed by atoms with E-state index in [1.54, 1.807) is 13.8 Å². The van der Waals surface area contributed by atoms with Crippen molar-refractivity contribution in [2.45, 2.75) is 27.2 Å². The number of hydrogen-bond acceptors (Lipinski definition) is 6. The molecule has 26 heavy (non-hydrogen) atoms. The number of carbonyl (C=O) groups excluding carboxylic acids is 3. The summed E-state index contributed by atoms with van der Waals surface area (Å²) in [4.78, 5) is 41.1. The summed E-state index contributed by atoms with van der Waals surface area (Å²) >= 11 is 0. The van der Waals surface area contributed by atoms with Crippen molar-refractivity contribution in [3.63, 3.8) is 0 Å². The van der Waals surface area contributed by atoms with E-state index in [0.717, 1.165) is 0 Å². The number of aryl methyl sites for hydroxylation is 1. The molecule has 1 N–H and O–H groups in total. The van der Waals surface area contributed by atoms with Crippen LogP contribution in [0.4, 0.5) is 0 Å². The van der Waals surface area contributed by atoms with Crippen LogP contribution >= 0.6 is 0 Å². The summed E-state index contributed by atoms with van der Waals surface area (Å²) in [6, 6.07) is 0. The van der Waals surface area contributed by atoms with Crippen LogP contribution in [-0.2, 0) is 19.0 Å². The summed E-state index contributed by atoms with van der Waals surface area (Å²) < 4.78 is 14.9. The minimum atomic E-state index is -0.534. The van der Waals surface area contributed by atoms with Crippen LogP contribution in [0, 0.1) is 13.8 Å². The van der Waals surface area contributed by atoms with Crippen molar-refractivity contribution in [3.8, 4) is 0 Å². The number of aromatic amines is 1. The summed E-state index contributed by atoms with van der Waals surface area (Å²) in [7, 11) is 2.71. The maximum atomic E-state index is 12.8. The van der Waals surface area contributed by atoms with E-state index in [-0.39, 0.29) is 30.5 Å². The highest BCUT2D eigenvalue weighted by atomic mass is 16.5.